The molecule has 1 aromatic carbocycles. The van der Waals surface area contributed by atoms with E-state index in [0.29, 0.717) is 21.9 Å². The Morgan fingerprint density at radius 2 is 2.14 bits per heavy atom. The first kappa shape index (κ1) is 16.1. The van der Waals surface area contributed by atoms with E-state index < -0.39 is 11.9 Å². The molecule has 22 heavy (non-hydrogen) atoms. The smallest absolute Gasteiger partial charge is 0.336 e. The average molecular weight is 320 g/mol. The molecule has 116 valence electrons. The molecule has 0 aliphatic carbocycles. The largest absolute Gasteiger partial charge is 0.463 e. The molecule has 0 saturated heterocycles. The van der Waals surface area contributed by atoms with Gasteiger partial charge in [0.25, 0.3) is 0 Å². The van der Waals surface area contributed by atoms with Crippen LogP contribution < -0.4 is 11.5 Å². The number of allylic oxidation sites excluding steroid dienone is 1. The third kappa shape index (κ3) is 2.85. The summed E-state index contributed by atoms with van der Waals surface area (Å²) in [4.78, 5) is 16.6. The second-order valence-corrected chi connectivity index (χ2v) is 5.20. The molecule has 0 fully saturated rings. The summed E-state index contributed by atoms with van der Waals surface area (Å²) < 4.78 is 5.15. The number of ether oxygens (including phenoxy) is 1. The molecule has 1 heterocycles. The number of nitrogens with two attached hydrogens (primary N) is 2. The summed E-state index contributed by atoms with van der Waals surface area (Å²) in [7, 11) is 0. The number of benzene rings is 1. The van der Waals surface area contributed by atoms with Crippen LogP contribution in [0.1, 0.15) is 25.3 Å². The zero-order chi connectivity index (χ0) is 16.3. The van der Waals surface area contributed by atoms with E-state index in [0.717, 1.165) is 5.56 Å². The highest BCUT2D eigenvalue weighted by atomic mass is 35.5. The maximum atomic E-state index is 12.4. The second-order valence-electron chi connectivity index (χ2n) is 4.79. The molecule has 0 aromatic heterocycles. The fourth-order valence-electron chi connectivity index (χ4n) is 2.51. The molecule has 1 unspecified atom stereocenters. The molecule has 6 heteroatoms. The van der Waals surface area contributed by atoms with Gasteiger partial charge >= 0.3 is 5.97 Å². The van der Waals surface area contributed by atoms with Gasteiger partial charge in [-0.1, -0.05) is 29.8 Å². The van der Waals surface area contributed by atoms with Gasteiger partial charge in [-0.25, -0.2) is 9.79 Å². The first-order valence-electron chi connectivity index (χ1n) is 6.89. The number of carbonyl (C=O) groups excluding carboxylic acids is 1. The summed E-state index contributed by atoms with van der Waals surface area (Å²) >= 11 is 6.30. The number of hydrogen-bond donors (Lipinski definition) is 2. The van der Waals surface area contributed by atoms with Gasteiger partial charge in [0, 0.05) is 22.7 Å². The van der Waals surface area contributed by atoms with E-state index in [2.05, 4.69) is 4.99 Å². The quantitative estimate of drug-likeness (QED) is 0.837. The van der Waals surface area contributed by atoms with Gasteiger partial charge in [0.05, 0.1) is 17.9 Å². The van der Waals surface area contributed by atoms with Gasteiger partial charge in [0.2, 0.25) is 0 Å². The SMILES string of the molecule is CCOC(=O)C1=C(C)N=C(N)/C(=C\N)C1c1ccccc1Cl. The lowest BCUT2D eigenvalue weighted by Crippen LogP contribution is -2.30. The highest BCUT2D eigenvalue weighted by Gasteiger charge is 2.35. The van der Waals surface area contributed by atoms with Crippen molar-refractivity contribution in [2.75, 3.05) is 6.61 Å². The van der Waals surface area contributed by atoms with Crippen molar-refractivity contribution in [1.29, 1.82) is 0 Å². The van der Waals surface area contributed by atoms with Gasteiger partial charge in [-0.05, 0) is 25.5 Å². The molecule has 1 aromatic rings. The lowest BCUT2D eigenvalue weighted by Gasteiger charge is -2.27. The first-order chi connectivity index (χ1) is 10.5. The van der Waals surface area contributed by atoms with Crippen LogP contribution in [0.5, 0.6) is 0 Å². The Balaban J connectivity index is 2.66. The highest BCUT2D eigenvalue weighted by Crippen LogP contribution is 2.40. The summed E-state index contributed by atoms with van der Waals surface area (Å²) in [6.45, 7) is 3.74. The van der Waals surface area contributed by atoms with E-state index in [1.165, 1.54) is 6.20 Å². The zero-order valence-electron chi connectivity index (χ0n) is 12.5. The van der Waals surface area contributed by atoms with Crippen molar-refractivity contribution in [3.05, 3.63) is 57.9 Å². The number of hydrogen-bond acceptors (Lipinski definition) is 5. The monoisotopic (exact) mass is 319 g/mol. The molecule has 0 radical (unpaired) electrons. The molecule has 2 rings (SSSR count). The number of nitrogens with zero attached hydrogens (tertiary/aromatic N) is 1. The molecule has 0 bridgehead atoms. The lowest BCUT2D eigenvalue weighted by atomic mass is 9.81. The predicted octanol–water partition coefficient (Wildman–Crippen LogP) is 2.47. The Morgan fingerprint density at radius 3 is 2.73 bits per heavy atom. The van der Waals surface area contributed by atoms with Crippen LogP contribution in [0, 0.1) is 0 Å². The van der Waals surface area contributed by atoms with Crippen LogP contribution >= 0.6 is 11.6 Å². The van der Waals surface area contributed by atoms with Crippen molar-refractivity contribution in [3.63, 3.8) is 0 Å². The van der Waals surface area contributed by atoms with Crippen LogP contribution in [0.4, 0.5) is 0 Å². The van der Waals surface area contributed by atoms with Crippen LogP contribution in [0.2, 0.25) is 5.02 Å². The zero-order valence-corrected chi connectivity index (χ0v) is 13.2. The van der Waals surface area contributed by atoms with Gasteiger partial charge in [-0.15, -0.1) is 0 Å². The molecule has 4 N–H and O–H groups in total. The third-order valence-corrected chi connectivity index (χ3v) is 3.81. The Kier molecular flexibility index (Phi) is 4.88. The van der Waals surface area contributed by atoms with Crippen LogP contribution in [0.25, 0.3) is 0 Å². The Morgan fingerprint density at radius 1 is 1.45 bits per heavy atom. The van der Waals surface area contributed by atoms with E-state index in [1.807, 2.05) is 18.2 Å². The first-order valence-corrected chi connectivity index (χ1v) is 7.27. The van der Waals surface area contributed by atoms with E-state index in [1.54, 1.807) is 19.9 Å². The molecule has 0 spiro atoms. The molecule has 1 aliphatic rings. The van der Waals surface area contributed by atoms with Crippen LogP contribution in [-0.2, 0) is 9.53 Å². The molecule has 1 atom stereocenters. The maximum absolute atomic E-state index is 12.4. The summed E-state index contributed by atoms with van der Waals surface area (Å²) in [6.07, 6.45) is 1.36. The number of halogens is 1. The van der Waals surface area contributed by atoms with Gasteiger partial charge in [-0.3, -0.25) is 0 Å². The second kappa shape index (κ2) is 6.66. The van der Waals surface area contributed by atoms with Gasteiger partial charge in [0.1, 0.15) is 5.84 Å². The van der Waals surface area contributed by atoms with Gasteiger partial charge in [0.15, 0.2) is 0 Å². The number of rotatable bonds is 3. The Hall–Kier alpha value is -2.27. The fraction of sp³-hybridized carbons (Fsp3) is 0.250. The van der Waals surface area contributed by atoms with E-state index in [-0.39, 0.29) is 12.4 Å². The van der Waals surface area contributed by atoms with E-state index in [9.17, 15) is 4.79 Å². The van der Waals surface area contributed by atoms with Gasteiger partial charge in [-0.2, -0.15) is 0 Å². The molecule has 0 amide bonds. The predicted molar refractivity (Wildman–Crippen MR) is 87.4 cm³/mol. The average Bonchev–Trinajstić information content (AvgIpc) is 2.47. The number of amidine groups is 1. The molecular formula is C16H18ClN3O2. The van der Waals surface area contributed by atoms with Crippen LogP contribution in [0.15, 0.2) is 52.3 Å². The minimum Gasteiger partial charge on any atom is -0.463 e. The molecular weight excluding hydrogens is 302 g/mol. The minimum absolute atomic E-state index is 0.270. The number of esters is 1. The summed E-state index contributed by atoms with van der Waals surface area (Å²) in [5.74, 6) is -0.659. The van der Waals surface area contributed by atoms with Crippen LogP contribution in [0.3, 0.4) is 0 Å². The molecule has 1 aliphatic heterocycles. The van der Waals surface area contributed by atoms with Crippen molar-refractivity contribution in [2.45, 2.75) is 19.8 Å². The van der Waals surface area contributed by atoms with Crippen molar-refractivity contribution < 1.29 is 9.53 Å². The van der Waals surface area contributed by atoms with Crippen molar-refractivity contribution in [1.82, 2.24) is 0 Å². The summed E-state index contributed by atoms with van der Waals surface area (Å²) in [5, 5.41) is 0.524. The third-order valence-electron chi connectivity index (χ3n) is 3.46. The van der Waals surface area contributed by atoms with Gasteiger partial charge < -0.3 is 16.2 Å². The minimum atomic E-state index is -0.491. The number of carbonyl (C=O) groups is 1. The molecule has 0 saturated carbocycles. The van der Waals surface area contributed by atoms with E-state index in [4.69, 9.17) is 27.8 Å². The standard InChI is InChI=1S/C16H18ClN3O2/c1-3-22-16(21)13-9(2)20-15(19)11(8-18)14(13)10-6-4-5-7-12(10)17/h4-8,14H,3,18H2,1-2H3,(H2,19,20)/b11-8-. The maximum Gasteiger partial charge on any atom is 0.336 e. The topological polar surface area (TPSA) is 90.7 Å². The summed E-state index contributed by atoms with van der Waals surface area (Å²) in [6, 6.07) is 7.25. The lowest BCUT2D eigenvalue weighted by molar-refractivity contribution is -0.138. The normalized spacial score (nSPS) is 20.0. The Bertz CT molecular complexity index is 692. The Labute approximate surface area is 134 Å². The van der Waals surface area contributed by atoms with Crippen molar-refractivity contribution >= 4 is 23.4 Å². The fourth-order valence-corrected chi connectivity index (χ4v) is 2.75. The molecule has 5 nitrogen and oxygen atoms in total. The van der Waals surface area contributed by atoms with Crippen molar-refractivity contribution in [3.8, 4) is 0 Å². The number of aliphatic imine (C=N–C) groups is 1. The van der Waals surface area contributed by atoms with E-state index >= 15 is 0 Å². The summed E-state index contributed by atoms with van der Waals surface area (Å²) in [5.41, 5.74) is 13.9. The van der Waals surface area contributed by atoms with Crippen LogP contribution in [-0.4, -0.2) is 18.4 Å². The van der Waals surface area contributed by atoms with Crippen molar-refractivity contribution in [2.24, 2.45) is 16.5 Å². The highest BCUT2D eigenvalue weighted by molar-refractivity contribution is 6.31.